The Morgan fingerprint density at radius 2 is 2.05 bits per heavy atom. The summed E-state index contributed by atoms with van der Waals surface area (Å²) in [5.41, 5.74) is 1.04. The van der Waals surface area contributed by atoms with Gasteiger partial charge in [-0.25, -0.2) is 4.39 Å². The quantitative estimate of drug-likeness (QED) is 0.683. The van der Waals surface area contributed by atoms with E-state index < -0.39 is 0 Å². The van der Waals surface area contributed by atoms with Crippen molar-refractivity contribution < 1.29 is 9.13 Å². The molecule has 0 aliphatic heterocycles. The summed E-state index contributed by atoms with van der Waals surface area (Å²) < 4.78 is 19.0. The zero-order valence-corrected chi connectivity index (χ0v) is 13.0. The summed E-state index contributed by atoms with van der Waals surface area (Å²) in [5.74, 6) is 1.32. The molecule has 1 fully saturated rings. The van der Waals surface area contributed by atoms with Crippen molar-refractivity contribution in [3.05, 3.63) is 35.6 Å². The topological polar surface area (TPSA) is 9.23 Å². The van der Waals surface area contributed by atoms with Gasteiger partial charge in [-0.05, 0) is 42.4 Å². The molecule has 0 aromatic heterocycles. The zero-order valence-electron chi connectivity index (χ0n) is 11.4. The predicted molar refractivity (Wildman–Crippen MR) is 80.0 cm³/mol. The number of benzene rings is 1. The van der Waals surface area contributed by atoms with Crippen LogP contribution in [0.4, 0.5) is 4.39 Å². The van der Waals surface area contributed by atoms with E-state index in [9.17, 15) is 4.39 Å². The van der Waals surface area contributed by atoms with Gasteiger partial charge in [0.1, 0.15) is 5.82 Å². The molecule has 1 aromatic carbocycles. The van der Waals surface area contributed by atoms with E-state index >= 15 is 0 Å². The molecule has 0 bridgehead atoms. The maximum absolute atomic E-state index is 12.9. The lowest BCUT2D eigenvalue weighted by Crippen LogP contribution is -2.20. The third-order valence-corrected chi connectivity index (χ3v) is 4.55. The standard InChI is InChI=1S/C16H22BrFO/c1-12-3-2-4-13(9-12)11-19-16(10-17)14-5-7-15(18)8-6-14/h5-8,12-13,16H,2-4,9-11H2,1H3. The molecule has 3 atom stereocenters. The fourth-order valence-electron chi connectivity index (χ4n) is 2.87. The lowest BCUT2D eigenvalue weighted by Gasteiger charge is -2.28. The van der Waals surface area contributed by atoms with Crippen molar-refractivity contribution in [1.82, 2.24) is 0 Å². The van der Waals surface area contributed by atoms with Gasteiger partial charge in [0.25, 0.3) is 0 Å². The van der Waals surface area contributed by atoms with Gasteiger partial charge in [-0.2, -0.15) is 0 Å². The van der Waals surface area contributed by atoms with Crippen LogP contribution >= 0.6 is 15.9 Å². The molecule has 0 amide bonds. The molecule has 2 rings (SSSR count). The first-order valence-electron chi connectivity index (χ1n) is 7.12. The minimum absolute atomic E-state index is 0.0258. The molecular weight excluding hydrogens is 307 g/mol. The second kappa shape index (κ2) is 7.39. The van der Waals surface area contributed by atoms with Gasteiger partial charge in [-0.1, -0.05) is 47.8 Å². The molecule has 0 spiro atoms. The van der Waals surface area contributed by atoms with E-state index in [4.69, 9.17) is 4.74 Å². The molecule has 1 nitrogen and oxygen atoms in total. The van der Waals surface area contributed by atoms with E-state index in [0.717, 1.165) is 23.4 Å². The van der Waals surface area contributed by atoms with Crippen LogP contribution in [0.15, 0.2) is 24.3 Å². The molecule has 3 heteroatoms. The van der Waals surface area contributed by atoms with Gasteiger partial charge < -0.3 is 4.74 Å². The third-order valence-electron chi connectivity index (χ3n) is 3.96. The van der Waals surface area contributed by atoms with Gasteiger partial charge in [0.05, 0.1) is 12.7 Å². The second-order valence-electron chi connectivity index (χ2n) is 5.67. The van der Waals surface area contributed by atoms with Crippen LogP contribution in [0.2, 0.25) is 0 Å². The van der Waals surface area contributed by atoms with Crippen molar-refractivity contribution in [2.24, 2.45) is 11.8 Å². The van der Waals surface area contributed by atoms with Gasteiger partial charge in [0, 0.05) is 5.33 Å². The fourth-order valence-corrected chi connectivity index (χ4v) is 3.43. The molecule has 0 radical (unpaired) electrons. The first-order valence-corrected chi connectivity index (χ1v) is 8.24. The smallest absolute Gasteiger partial charge is 0.123 e. The van der Waals surface area contributed by atoms with Crippen molar-refractivity contribution >= 4 is 15.9 Å². The summed E-state index contributed by atoms with van der Waals surface area (Å²) >= 11 is 3.49. The summed E-state index contributed by atoms with van der Waals surface area (Å²) in [7, 11) is 0. The number of hydrogen-bond donors (Lipinski definition) is 0. The highest BCUT2D eigenvalue weighted by Crippen LogP contribution is 2.30. The number of halogens is 2. The minimum atomic E-state index is -0.196. The average molecular weight is 329 g/mol. The van der Waals surface area contributed by atoms with Crippen molar-refractivity contribution in [2.45, 2.75) is 38.7 Å². The van der Waals surface area contributed by atoms with Crippen LogP contribution in [0.3, 0.4) is 0 Å². The van der Waals surface area contributed by atoms with Crippen LogP contribution in [-0.4, -0.2) is 11.9 Å². The number of hydrogen-bond acceptors (Lipinski definition) is 1. The van der Waals surface area contributed by atoms with Gasteiger partial charge in [-0.15, -0.1) is 0 Å². The number of ether oxygens (including phenoxy) is 1. The van der Waals surface area contributed by atoms with Crippen LogP contribution in [0.25, 0.3) is 0 Å². The normalized spacial score (nSPS) is 25.2. The van der Waals surface area contributed by atoms with E-state index in [1.165, 1.54) is 37.8 Å². The average Bonchev–Trinajstić information content (AvgIpc) is 2.41. The van der Waals surface area contributed by atoms with Crippen molar-refractivity contribution in [2.75, 3.05) is 11.9 Å². The van der Waals surface area contributed by atoms with Crippen molar-refractivity contribution in [3.8, 4) is 0 Å². The fraction of sp³-hybridized carbons (Fsp3) is 0.625. The molecule has 106 valence electrons. The SMILES string of the molecule is CC1CCCC(COC(CBr)c2ccc(F)cc2)C1. The van der Waals surface area contributed by atoms with Gasteiger partial charge in [-0.3, -0.25) is 0 Å². The zero-order chi connectivity index (χ0) is 13.7. The highest BCUT2D eigenvalue weighted by Gasteiger charge is 2.20. The largest absolute Gasteiger partial charge is 0.372 e. The molecule has 0 N–H and O–H groups in total. The molecular formula is C16H22BrFO. The summed E-state index contributed by atoms with van der Waals surface area (Å²) in [6.07, 6.45) is 5.26. The van der Waals surface area contributed by atoms with Crippen LogP contribution in [0, 0.1) is 17.7 Å². The lowest BCUT2D eigenvalue weighted by molar-refractivity contribution is 0.0280. The van der Waals surface area contributed by atoms with Crippen LogP contribution in [0.5, 0.6) is 0 Å². The first-order chi connectivity index (χ1) is 9.19. The Hall–Kier alpha value is -0.410. The third kappa shape index (κ3) is 4.57. The minimum Gasteiger partial charge on any atom is -0.372 e. The number of rotatable bonds is 5. The van der Waals surface area contributed by atoms with E-state index in [0.29, 0.717) is 5.92 Å². The molecule has 3 unspecified atom stereocenters. The molecule has 1 aliphatic rings. The molecule has 0 heterocycles. The molecule has 1 aliphatic carbocycles. The molecule has 0 saturated heterocycles. The first kappa shape index (κ1) is 15.0. The Balaban J connectivity index is 1.87. The maximum Gasteiger partial charge on any atom is 0.123 e. The van der Waals surface area contributed by atoms with Gasteiger partial charge in [0.2, 0.25) is 0 Å². The van der Waals surface area contributed by atoms with Crippen molar-refractivity contribution in [1.29, 1.82) is 0 Å². The molecule has 19 heavy (non-hydrogen) atoms. The van der Waals surface area contributed by atoms with E-state index in [1.54, 1.807) is 0 Å². The summed E-state index contributed by atoms with van der Waals surface area (Å²) in [5, 5.41) is 0.751. The molecule has 1 aromatic rings. The summed E-state index contributed by atoms with van der Waals surface area (Å²) in [4.78, 5) is 0. The van der Waals surface area contributed by atoms with E-state index in [2.05, 4.69) is 22.9 Å². The summed E-state index contributed by atoms with van der Waals surface area (Å²) in [6, 6.07) is 6.61. The maximum atomic E-state index is 12.9. The Morgan fingerprint density at radius 3 is 2.68 bits per heavy atom. The monoisotopic (exact) mass is 328 g/mol. The predicted octanol–water partition coefficient (Wildman–Crippen LogP) is 5.10. The van der Waals surface area contributed by atoms with E-state index in [1.807, 2.05) is 12.1 Å². The van der Waals surface area contributed by atoms with Gasteiger partial charge in [0.15, 0.2) is 0 Å². The van der Waals surface area contributed by atoms with Crippen LogP contribution < -0.4 is 0 Å². The highest BCUT2D eigenvalue weighted by atomic mass is 79.9. The summed E-state index contributed by atoms with van der Waals surface area (Å²) in [6.45, 7) is 3.14. The Morgan fingerprint density at radius 1 is 1.32 bits per heavy atom. The Bertz CT molecular complexity index is 379. The lowest BCUT2D eigenvalue weighted by atomic mass is 9.83. The van der Waals surface area contributed by atoms with Crippen LogP contribution in [-0.2, 0) is 4.74 Å². The second-order valence-corrected chi connectivity index (χ2v) is 6.31. The number of alkyl halides is 1. The Kier molecular flexibility index (Phi) is 5.83. The van der Waals surface area contributed by atoms with Gasteiger partial charge >= 0.3 is 0 Å². The van der Waals surface area contributed by atoms with E-state index in [-0.39, 0.29) is 11.9 Å². The highest BCUT2D eigenvalue weighted by molar-refractivity contribution is 9.09. The van der Waals surface area contributed by atoms with Crippen LogP contribution in [0.1, 0.15) is 44.3 Å². The van der Waals surface area contributed by atoms with Crippen molar-refractivity contribution in [3.63, 3.8) is 0 Å². The Labute approximate surface area is 123 Å². The molecule has 1 saturated carbocycles.